The van der Waals surface area contributed by atoms with E-state index in [1.54, 1.807) is 7.11 Å². The highest BCUT2D eigenvalue weighted by Gasteiger charge is 2.32. The Morgan fingerprint density at radius 1 is 0.727 bits per heavy atom. The van der Waals surface area contributed by atoms with Crippen molar-refractivity contribution in [3.63, 3.8) is 0 Å². The highest BCUT2D eigenvalue weighted by atomic mass is 79.9. The van der Waals surface area contributed by atoms with Crippen LogP contribution in [0.5, 0.6) is 11.5 Å². The Bertz CT molecular complexity index is 1930. The van der Waals surface area contributed by atoms with E-state index < -0.39 is 5.92 Å². The molecule has 0 spiro atoms. The molecule has 0 bridgehead atoms. The molecule has 0 aliphatic heterocycles. The fourth-order valence-corrected chi connectivity index (χ4v) is 6.14. The first-order valence-corrected chi connectivity index (χ1v) is 14.9. The van der Waals surface area contributed by atoms with Gasteiger partial charge >= 0.3 is 0 Å². The molecule has 0 aliphatic rings. The maximum absolute atomic E-state index is 14.2. The maximum Gasteiger partial charge on any atom is 0.275 e. The van der Waals surface area contributed by atoms with Crippen LogP contribution in [0.3, 0.4) is 0 Å². The third-order valence-corrected chi connectivity index (χ3v) is 8.24. The smallest absolute Gasteiger partial charge is 0.275 e. The molecule has 44 heavy (non-hydrogen) atoms. The Morgan fingerprint density at radius 2 is 1.20 bits per heavy atom. The van der Waals surface area contributed by atoms with Crippen LogP contribution in [0.2, 0.25) is 0 Å². The molecular formula is C35H31BrN4O4. The van der Waals surface area contributed by atoms with Crippen LogP contribution < -0.4 is 20.6 Å². The second-order valence-electron chi connectivity index (χ2n) is 10.5. The molecule has 0 radical (unpaired) electrons. The zero-order valence-corrected chi connectivity index (χ0v) is 26.1. The van der Waals surface area contributed by atoms with Crippen LogP contribution in [-0.2, 0) is 6.61 Å². The number of nitrogens with zero attached hydrogens (tertiary/aromatic N) is 2. The summed E-state index contributed by atoms with van der Waals surface area (Å²) < 4.78 is 15.7. The molecule has 2 N–H and O–H groups in total. The van der Waals surface area contributed by atoms with Gasteiger partial charge in [-0.25, -0.2) is 9.36 Å². The lowest BCUT2D eigenvalue weighted by Crippen LogP contribution is -2.25. The molecule has 0 fully saturated rings. The lowest BCUT2D eigenvalue weighted by atomic mass is 9.85. The molecule has 9 heteroatoms. The van der Waals surface area contributed by atoms with Crippen LogP contribution in [-0.4, -0.2) is 26.7 Å². The predicted octanol–water partition coefficient (Wildman–Crippen LogP) is 6.79. The van der Waals surface area contributed by atoms with E-state index in [1.807, 2.05) is 117 Å². The Morgan fingerprint density at radius 3 is 1.68 bits per heavy atom. The van der Waals surface area contributed by atoms with Crippen molar-refractivity contribution in [2.45, 2.75) is 26.4 Å². The third kappa shape index (κ3) is 5.42. The SMILES string of the molecule is COc1cc(C(c2c(C)[nH]n(-c3ccccc3)c2=O)c2c(C)[nH]n(-c3ccccc3)c2=O)cc(Br)c1OCc1ccccc1. The van der Waals surface area contributed by atoms with Crippen molar-refractivity contribution in [3.8, 4) is 22.9 Å². The molecule has 6 rings (SSSR count). The molecule has 0 unspecified atom stereocenters. The van der Waals surface area contributed by atoms with Gasteiger partial charge in [0.1, 0.15) is 6.61 Å². The van der Waals surface area contributed by atoms with Gasteiger partial charge in [-0.15, -0.1) is 0 Å². The van der Waals surface area contributed by atoms with Crippen molar-refractivity contribution in [2.24, 2.45) is 0 Å². The summed E-state index contributed by atoms with van der Waals surface area (Å²) >= 11 is 3.70. The fraction of sp³-hybridized carbons (Fsp3) is 0.143. The number of aryl methyl sites for hydroxylation is 2. The Hall–Kier alpha value is -5.02. The van der Waals surface area contributed by atoms with Crippen LogP contribution in [0.15, 0.2) is 117 Å². The minimum atomic E-state index is -0.731. The molecule has 0 atom stereocenters. The van der Waals surface area contributed by atoms with E-state index in [-0.39, 0.29) is 11.1 Å². The van der Waals surface area contributed by atoms with Crippen LogP contribution in [0.25, 0.3) is 11.4 Å². The van der Waals surface area contributed by atoms with Gasteiger partial charge in [-0.1, -0.05) is 66.7 Å². The minimum Gasteiger partial charge on any atom is -0.493 e. The van der Waals surface area contributed by atoms with E-state index in [0.717, 1.165) is 5.56 Å². The van der Waals surface area contributed by atoms with Gasteiger partial charge in [0, 0.05) is 17.3 Å². The first kappa shape index (κ1) is 29.1. The van der Waals surface area contributed by atoms with Gasteiger partial charge in [0.25, 0.3) is 11.1 Å². The number of para-hydroxylation sites is 2. The second kappa shape index (κ2) is 12.3. The number of rotatable bonds is 9. The molecule has 2 heterocycles. The van der Waals surface area contributed by atoms with Gasteiger partial charge in [0.15, 0.2) is 11.5 Å². The number of benzene rings is 4. The topological polar surface area (TPSA) is 94.0 Å². The molecular weight excluding hydrogens is 620 g/mol. The Labute approximate surface area is 262 Å². The first-order valence-electron chi connectivity index (χ1n) is 14.2. The largest absolute Gasteiger partial charge is 0.493 e. The number of halogens is 1. The van der Waals surface area contributed by atoms with Crippen LogP contribution >= 0.6 is 15.9 Å². The predicted molar refractivity (Wildman–Crippen MR) is 175 cm³/mol. The van der Waals surface area contributed by atoms with Crippen molar-refractivity contribution >= 4 is 15.9 Å². The van der Waals surface area contributed by atoms with Gasteiger partial charge in [-0.2, -0.15) is 0 Å². The number of methoxy groups -OCH3 is 1. The maximum atomic E-state index is 14.2. The standard InChI is InChI=1S/C35H31BrN4O4/c1-22-30(34(41)39(37-22)26-15-9-5-10-16-26)32(31-23(2)38-40(35(31)42)27-17-11-6-12-18-27)25-19-28(36)33(29(20-25)43-3)44-21-24-13-7-4-8-14-24/h4-20,32,37-38H,21H2,1-3H3. The van der Waals surface area contributed by atoms with Gasteiger partial charge in [0.05, 0.1) is 34.1 Å². The average Bonchev–Trinajstić information content (AvgIpc) is 3.51. The summed E-state index contributed by atoms with van der Waals surface area (Å²) in [6, 6.07) is 32.3. The third-order valence-electron chi connectivity index (χ3n) is 7.65. The van der Waals surface area contributed by atoms with Gasteiger partial charge in [0.2, 0.25) is 0 Å². The highest BCUT2D eigenvalue weighted by molar-refractivity contribution is 9.10. The minimum absolute atomic E-state index is 0.246. The van der Waals surface area contributed by atoms with Crippen LogP contribution in [0.1, 0.15) is 39.6 Å². The quantitative estimate of drug-likeness (QED) is 0.180. The number of ether oxygens (including phenoxy) is 2. The lowest BCUT2D eigenvalue weighted by molar-refractivity contribution is 0.282. The van der Waals surface area contributed by atoms with E-state index >= 15 is 0 Å². The van der Waals surface area contributed by atoms with E-state index in [2.05, 4.69) is 26.1 Å². The van der Waals surface area contributed by atoms with Crippen molar-refractivity contribution in [3.05, 3.63) is 162 Å². The van der Waals surface area contributed by atoms with Gasteiger partial charge in [-0.3, -0.25) is 19.8 Å². The molecule has 4 aromatic carbocycles. The molecule has 0 aliphatic carbocycles. The lowest BCUT2D eigenvalue weighted by Gasteiger charge is -2.20. The number of nitrogens with one attached hydrogen (secondary N) is 2. The van der Waals surface area contributed by atoms with E-state index in [1.165, 1.54) is 9.36 Å². The molecule has 222 valence electrons. The van der Waals surface area contributed by atoms with Gasteiger partial charge < -0.3 is 9.47 Å². The zero-order chi connectivity index (χ0) is 30.8. The van der Waals surface area contributed by atoms with Crippen LogP contribution in [0, 0.1) is 13.8 Å². The molecule has 0 saturated heterocycles. The number of H-pyrrole nitrogens is 2. The zero-order valence-electron chi connectivity index (χ0n) is 24.5. The Balaban J connectivity index is 1.54. The summed E-state index contributed by atoms with van der Waals surface area (Å²) in [7, 11) is 1.57. The molecule has 0 amide bonds. The normalized spacial score (nSPS) is 11.2. The second-order valence-corrected chi connectivity index (χ2v) is 11.3. The van der Waals surface area contributed by atoms with Crippen molar-refractivity contribution in [2.75, 3.05) is 7.11 Å². The van der Waals surface area contributed by atoms with E-state index in [4.69, 9.17) is 9.47 Å². The summed E-state index contributed by atoms with van der Waals surface area (Å²) in [5.74, 6) is 0.271. The Kier molecular flexibility index (Phi) is 8.13. The summed E-state index contributed by atoms with van der Waals surface area (Å²) in [6.45, 7) is 4.05. The summed E-state index contributed by atoms with van der Waals surface area (Å²) in [6.07, 6.45) is 0. The molecule has 8 nitrogen and oxygen atoms in total. The number of hydrogen-bond donors (Lipinski definition) is 2. The van der Waals surface area contributed by atoms with E-state index in [9.17, 15) is 9.59 Å². The number of aromatic nitrogens is 4. The molecule has 2 aromatic heterocycles. The molecule has 0 saturated carbocycles. The van der Waals surface area contributed by atoms with Crippen molar-refractivity contribution in [1.82, 2.24) is 19.6 Å². The highest BCUT2D eigenvalue weighted by Crippen LogP contribution is 2.42. The number of hydrogen-bond acceptors (Lipinski definition) is 4. The van der Waals surface area contributed by atoms with E-state index in [0.29, 0.717) is 62.0 Å². The van der Waals surface area contributed by atoms with Crippen molar-refractivity contribution in [1.29, 1.82) is 0 Å². The first-order chi connectivity index (χ1) is 21.4. The van der Waals surface area contributed by atoms with Crippen LogP contribution in [0.4, 0.5) is 0 Å². The van der Waals surface area contributed by atoms with Crippen molar-refractivity contribution < 1.29 is 9.47 Å². The summed E-state index contributed by atoms with van der Waals surface area (Å²) in [5, 5.41) is 6.47. The molecule has 6 aromatic rings. The number of aromatic amines is 2. The monoisotopic (exact) mass is 650 g/mol. The average molecular weight is 652 g/mol. The summed E-state index contributed by atoms with van der Waals surface area (Å²) in [5.41, 5.74) is 4.82. The summed E-state index contributed by atoms with van der Waals surface area (Å²) in [4.78, 5) is 28.4. The fourth-order valence-electron chi connectivity index (χ4n) is 5.57. The van der Waals surface area contributed by atoms with Gasteiger partial charge in [-0.05, 0) is 77.3 Å².